The molecule has 4 rings (SSSR count). The predicted molar refractivity (Wildman–Crippen MR) is 98.3 cm³/mol. The predicted octanol–water partition coefficient (Wildman–Crippen LogP) is 4.91. The van der Waals surface area contributed by atoms with Crippen LogP contribution in [0.5, 0.6) is 0 Å². The molecule has 1 aliphatic heterocycles. The van der Waals surface area contributed by atoms with Crippen LogP contribution < -0.4 is 5.32 Å². The van der Waals surface area contributed by atoms with Gasteiger partial charge in [-0.15, -0.1) is 11.3 Å². The second-order valence-corrected chi connectivity index (χ2v) is 7.59. The molecule has 1 aromatic heterocycles. The number of nitrogens with one attached hydrogen (secondary N) is 1. The van der Waals surface area contributed by atoms with Crippen molar-refractivity contribution in [3.63, 3.8) is 0 Å². The summed E-state index contributed by atoms with van der Waals surface area (Å²) in [5, 5.41) is 3.49. The van der Waals surface area contributed by atoms with Crippen molar-refractivity contribution in [1.82, 2.24) is 4.98 Å². The van der Waals surface area contributed by atoms with Gasteiger partial charge in [-0.2, -0.15) is 0 Å². The van der Waals surface area contributed by atoms with Crippen LogP contribution >= 0.6 is 11.3 Å². The largest absolute Gasteiger partial charge is 0.342 e. The summed E-state index contributed by atoms with van der Waals surface area (Å²) in [4.78, 5) is 18.9. The van der Waals surface area contributed by atoms with Crippen LogP contribution in [0.2, 0.25) is 0 Å². The van der Waals surface area contributed by atoms with Gasteiger partial charge in [0.1, 0.15) is 5.82 Å². The van der Waals surface area contributed by atoms with Gasteiger partial charge in [0, 0.05) is 17.7 Å². The fraction of sp³-hybridized carbons (Fsp3) is 0.400. The number of nitrogens with zero attached hydrogens (tertiary/aromatic N) is 1. The van der Waals surface area contributed by atoms with Crippen molar-refractivity contribution in [3.05, 3.63) is 57.6 Å². The summed E-state index contributed by atoms with van der Waals surface area (Å²) in [7, 11) is 0. The number of aromatic nitrogens is 1. The third-order valence-corrected chi connectivity index (χ3v) is 6.56. The molecule has 124 valence electrons. The summed E-state index contributed by atoms with van der Waals surface area (Å²) in [6.45, 7) is 4.36. The summed E-state index contributed by atoms with van der Waals surface area (Å²) in [6.07, 6.45) is 3.52. The van der Waals surface area contributed by atoms with Crippen molar-refractivity contribution in [2.24, 2.45) is 5.92 Å². The van der Waals surface area contributed by atoms with Crippen LogP contribution in [0, 0.1) is 5.92 Å². The number of ketones is 1. The van der Waals surface area contributed by atoms with Crippen LogP contribution in [0.15, 0.2) is 47.1 Å². The van der Waals surface area contributed by atoms with E-state index in [1.54, 1.807) is 11.3 Å². The number of benzene rings is 1. The number of rotatable bonds is 3. The summed E-state index contributed by atoms with van der Waals surface area (Å²) in [5.74, 6) is 1.68. The van der Waals surface area contributed by atoms with Crippen molar-refractivity contribution >= 4 is 22.9 Å². The molecule has 4 heteroatoms. The Labute approximate surface area is 146 Å². The molecule has 2 heterocycles. The Bertz CT molecular complexity index is 808. The van der Waals surface area contributed by atoms with Gasteiger partial charge in [-0.25, -0.2) is 4.98 Å². The lowest BCUT2D eigenvalue weighted by Gasteiger charge is -2.42. The molecule has 2 aliphatic rings. The molecule has 1 N–H and O–H groups in total. The van der Waals surface area contributed by atoms with Crippen LogP contribution in [0.3, 0.4) is 0 Å². The Balaban J connectivity index is 1.99. The molecule has 1 aliphatic carbocycles. The number of anilines is 1. The third kappa shape index (κ3) is 2.09. The number of carbonyl (C=O) groups is 1. The van der Waals surface area contributed by atoms with E-state index in [4.69, 9.17) is 0 Å². The third-order valence-electron chi connectivity index (χ3n) is 5.57. The van der Waals surface area contributed by atoms with E-state index >= 15 is 0 Å². The lowest BCUT2D eigenvalue weighted by atomic mass is 9.64. The standard InChI is InChI=1S/C20H22N2OS/c1-3-13-10-15-17(16(23)11-13)20(4-2,14-8-6-5-7-9-14)18-19(22-15)21-12-24-18/h5-9,12-13,22H,3-4,10-11H2,1-2H3/t13-,20-/m0/s1. The molecule has 24 heavy (non-hydrogen) atoms. The van der Waals surface area contributed by atoms with Crippen LogP contribution in [0.1, 0.15) is 50.0 Å². The summed E-state index contributed by atoms with van der Waals surface area (Å²) in [5.41, 5.74) is 4.83. The second-order valence-electron chi connectivity index (χ2n) is 6.74. The van der Waals surface area contributed by atoms with E-state index in [1.807, 2.05) is 11.6 Å². The maximum atomic E-state index is 13.2. The number of fused-ring (bicyclic) bond motifs is 1. The minimum Gasteiger partial charge on any atom is -0.342 e. The molecule has 0 unspecified atom stereocenters. The molecule has 2 aromatic rings. The quantitative estimate of drug-likeness (QED) is 0.865. The number of thiazole rings is 1. The minimum absolute atomic E-state index is 0.306. The summed E-state index contributed by atoms with van der Waals surface area (Å²) in [6, 6.07) is 10.5. The zero-order valence-electron chi connectivity index (χ0n) is 14.1. The molecule has 0 saturated heterocycles. The lowest BCUT2D eigenvalue weighted by Crippen LogP contribution is -2.41. The van der Waals surface area contributed by atoms with E-state index in [0.29, 0.717) is 18.1 Å². The highest BCUT2D eigenvalue weighted by Crippen LogP contribution is 2.53. The van der Waals surface area contributed by atoms with Gasteiger partial charge in [0.15, 0.2) is 5.78 Å². The maximum absolute atomic E-state index is 13.2. The Morgan fingerprint density at radius 2 is 2.04 bits per heavy atom. The maximum Gasteiger partial charge on any atom is 0.162 e. The minimum atomic E-state index is -0.353. The van der Waals surface area contributed by atoms with E-state index in [9.17, 15) is 4.79 Å². The second kappa shape index (κ2) is 5.85. The van der Waals surface area contributed by atoms with Gasteiger partial charge in [-0.05, 0) is 24.3 Å². The van der Waals surface area contributed by atoms with Crippen molar-refractivity contribution in [3.8, 4) is 0 Å². The molecule has 2 atom stereocenters. The molecule has 3 nitrogen and oxygen atoms in total. The fourth-order valence-corrected chi connectivity index (χ4v) is 5.37. The molecule has 1 aromatic carbocycles. The Hall–Kier alpha value is -1.94. The Morgan fingerprint density at radius 1 is 1.25 bits per heavy atom. The van der Waals surface area contributed by atoms with Gasteiger partial charge >= 0.3 is 0 Å². The molecular weight excluding hydrogens is 316 g/mol. The van der Waals surface area contributed by atoms with E-state index < -0.39 is 0 Å². The average molecular weight is 338 g/mol. The van der Waals surface area contributed by atoms with Gasteiger partial charge in [0.25, 0.3) is 0 Å². The van der Waals surface area contributed by atoms with Gasteiger partial charge in [0.05, 0.1) is 15.8 Å². The van der Waals surface area contributed by atoms with Gasteiger partial charge in [0.2, 0.25) is 0 Å². The molecule has 0 amide bonds. The van der Waals surface area contributed by atoms with Crippen molar-refractivity contribution < 1.29 is 4.79 Å². The summed E-state index contributed by atoms with van der Waals surface area (Å²) >= 11 is 1.66. The SMILES string of the molecule is CC[C@@H]1CC(=O)C2=C(C1)Nc1ncsc1[C@@]2(CC)c1ccccc1. The molecule has 0 spiro atoms. The summed E-state index contributed by atoms with van der Waals surface area (Å²) < 4.78 is 0. The van der Waals surface area contributed by atoms with E-state index in [0.717, 1.165) is 36.4 Å². The smallest absolute Gasteiger partial charge is 0.162 e. The average Bonchev–Trinajstić information content (AvgIpc) is 3.09. The molecule has 0 saturated carbocycles. The highest BCUT2D eigenvalue weighted by atomic mass is 32.1. The highest BCUT2D eigenvalue weighted by Gasteiger charge is 2.48. The van der Waals surface area contributed by atoms with Crippen molar-refractivity contribution in [1.29, 1.82) is 0 Å². The van der Waals surface area contributed by atoms with Gasteiger partial charge < -0.3 is 5.32 Å². The van der Waals surface area contributed by atoms with E-state index in [2.05, 4.69) is 48.4 Å². The molecule has 0 radical (unpaired) electrons. The topological polar surface area (TPSA) is 42.0 Å². The van der Waals surface area contributed by atoms with Gasteiger partial charge in [-0.3, -0.25) is 4.79 Å². The lowest BCUT2D eigenvalue weighted by molar-refractivity contribution is -0.117. The number of carbonyl (C=O) groups excluding carboxylic acids is 1. The normalized spacial score (nSPS) is 25.9. The first-order valence-corrected chi connectivity index (χ1v) is 9.62. The van der Waals surface area contributed by atoms with Gasteiger partial charge in [-0.1, -0.05) is 50.6 Å². The monoisotopic (exact) mass is 338 g/mol. The number of hydrogen-bond donors (Lipinski definition) is 1. The number of Topliss-reactive ketones (excluding diaryl/α,β-unsaturated/α-hetero) is 1. The zero-order valence-corrected chi connectivity index (χ0v) is 15.0. The Morgan fingerprint density at radius 3 is 2.75 bits per heavy atom. The first-order valence-electron chi connectivity index (χ1n) is 8.74. The molecular formula is C20H22N2OS. The van der Waals surface area contributed by atoms with Crippen LogP contribution in [-0.2, 0) is 10.2 Å². The Kier molecular flexibility index (Phi) is 3.80. The van der Waals surface area contributed by atoms with E-state index in [1.165, 1.54) is 10.4 Å². The highest BCUT2D eigenvalue weighted by molar-refractivity contribution is 7.10. The van der Waals surface area contributed by atoms with Crippen LogP contribution in [0.4, 0.5) is 5.82 Å². The molecule has 0 fully saturated rings. The van der Waals surface area contributed by atoms with Crippen molar-refractivity contribution in [2.75, 3.05) is 5.32 Å². The number of allylic oxidation sites excluding steroid dienone is 2. The van der Waals surface area contributed by atoms with Crippen molar-refractivity contribution in [2.45, 2.75) is 44.9 Å². The van der Waals surface area contributed by atoms with E-state index in [-0.39, 0.29) is 5.41 Å². The first-order chi connectivity index (χ1) is 11.7. The van der Waals surface area contributed by atoms with Crippen LogP contribution in [0.25, 0.3) is 0 Å². The zero-order chi connectivity index (χ0) is 16.7. The fourth-order valence-electron chi connectivity index (χ4n) is 4.33. The number of hydrogen-bond acceptors (Lipinski definition) is 4. The first kappa shape index (κ1) is 15.6. The molecule has 0 bridgehead atoms. The van der Waals surface area contributed by atoms with Crippen LogP contribution in [-0.4, -0.2) is 10.8 Å².